The van der Waals surface area contributed by atoms with Crippen molar-refractivity contribution >= 4 is 29.0 Å². The molecule has 1 heterocycles. The molecule has 2 aromatic rings. The van der Waals surface area contributed by atoms with E-state index in [1.165, 1.54) is 0 Å². The summed E-state index contributed by atoms with van der Waals surface area (Å²) in [6, 6.07) is 5.55. The van der Waals surface area contributed by atoms with Crippen molar-refractivity contribution in [2.75, 3.05) is 12.4 Å². The molecule has 1 N–H and O–H groups in total. The fourth-order valence-corrected chi connectivity index (χ4v) is 2.32. The largest absolute Gasteiger partial charge is 0.373 e. The first-order valence-electron chi connectivity index (χ1n) is 6.76. The molecule has 0 amide bonds. The summed E-state index contributed by atoms with van der Waals surface area (Å²) in [5.41, 5.74) is 2.66. The summed E-state index contributed by atoms with van der Waals surface area (Å²) in [5.74, 6) is 1.62. The molecule has 0 saturated heterocycles. The Bertz CT molecular complexity index is 676. The van der Waals surface area contributed by atoms with Gasteiger partial charge < -0.3 is 5.32 Å². The van der Waals surface area contributed by atoms with Crippen molar-refractivity contribution in [1.29, 1.82) is 0 Å². The summed E-state index contributed by atoms with van der Waals surface area (Å²) < 4.78 is 0. The van der Waals surface area contributed by atoms with Crippen LogP contribution in [0.1, 0.15) is 32.2 Å². The molecular weight excluding hydrogens is 305 g/mol. The second-order valence-electron chi connectivity index (χ2n) is 6.00. The second kappa shape index (κ2) is 5.82. The third-order valence-corrected chi connectivity index (χ3v) is 3.99. The van der Waals surface area contributed by atoms with Gasteiger partial charge >= 0.3 is 0 Å². The average Bonchev–Trinajstić information content (AvgIpc) is 2.41. The molecule has 0 aliphatic carbocycles. The SMILES string of the molecule is CNc1nc(C(C)(C)C)nc(-c2ccc(Cl)c(Cl)c2)c1C. The van der Waals surface area contributed by atoms with Crippen molar-refractivity contribution in [3.8, 4) is 11.3 Å². The number of nitrogens with zero attached hydrogens (tertiary/aromatic N) is 2. The Balaban J connectivity index is 2.69. The van der Waals surface area contributed by atoms with Gasteiger partial charge in [0, 0.05) is 23.6 Å². The Morgan fingerprint density at radius 1 is 1.05 bits per heavy atom. The van der Waals surface area contributed by atoms with Gasteiger partial charge in [0.25, 0.3) is 0 Å². The number of nitrogens with one attached hydrogen (secondary N) is 1. The topological polar surface area (TPSA) is 37.8 Å². The van der Waals surface area contributed by atoms with Gasteiger partial charge in [-0.1, -0.05) is 50.0 Å². The van der Waals surface area contributed by atoms with Crippen LogP contribution in [0.4, 0.5) is 5.82 Å². The molecule has 0 bridgehead atoms. The lowest BCUT2D eigenvalue weighted by molar-refractivity contribution is 0.546. The van der Waals surface area contributed by atoms with E-state index in [4.69, 9.17) is 28.2 Å². The van der Waals surface area contributed by atoms with Crippen LogP contribution in [0.2, 0.25) is 10.0 Å². The number of hydrogen-bond acceptors (Lipinski definition) is 3. The molecule has 5 heteroatoms. The van der Waals surface area contributed by atoms with E-state index in [-0.39, 0.29) is 5.41 Å². The Kier molecular flexibility index (Phi) is 4.45. The highest BCUT2D eigenvalue weighted by atomic mass is 35.5. The van der Waals surface area contributed by atoms with E-state index in [9.17, 15) is 0 Å². The summed E-state index contributed by atoms with van der Waals surface area (Å²) in [5, 5.41) is 4.20. The van der Waals surface area contributed by atoms with Crippen LogP contribution in [0.3, 0.4) is 0 Å². The lowest BCUT2D eigenvalue weighted by Crippen LogP contribution is -2.18. The summed E-state index contributed by atoms with van der Waals surface area (Å²) in [6.45, 7) is 8.28. The van der Waals surface area contributed by atoms with Gasteiger partial charge in [0.15, 0.2) is 0 Å². The van der Waals surface area contributed by atoms with Crippen LogP contribution in [0.5, 0.6) is 0 Å². The van der Waals surface area contributed by atoms with E-state index >= 15 is 0 Å². The van der Waals surface area contributed by atoms with E-state index in [1.807, 2.05) is 26.1 Å². The van der Waals surface area contributed by atoms with Crippen molar-refractivity contribution in [2.24, 2.45) is 0 Å². The summed E-state index contributed by atoms with van der Waals surface area (Å²) in [4.78, 5) is 9.35. The van der Waals surface area contributed by atoms with Crippen LogP contribution in [0.25, 0.3) is 11.3 Å². The molecule has 0 radical (unpaired) electrons. The van der Waals surface area contributed by atoms with Crippen LogP contribution in [0.15, 0.2) is 18.2 Å². The molecule has 0 spiro atoms. The van der Waals surface area contributed by atoms with E-state index in [0.29, 0.717) is 10.0 Å². The zero-order valence-corrected chi connectivity index (χ0v) is 14.4. The van der Waals surface area contributed by atoms with Crippen LogP contribution in [-0.4, -0.2) is 17.0 Å². The molecule has 0 aliphatic heterocycles. The summed E-state index contributed by atoms with van der Waals surface area (Å²) in [6.07, 6.45) is 0. The highest BCUT2D eigenvalue weighted by Gasteiger charge is 2.21. The molecule has 0 aliphatic rings. The molecule has 1 aromatic heterocycles. The number of rotatable bonds is 2. The third kappa shape index (κ3) is 3.30. The molecule has 112 valence electrons. The van der Waals surface area contributed by atoms with Crippen molar-refractivity contribution in [1.82, 2.24) is 9.97 Å². The quantitative estimate of drug-likeness (QED) is 0.835. The van der Waals surface area contributed by atoms with Gasteiger partial charge in [-0.3, -0.25) is 0 Å². The molecule has 1 aromatic carbocycles. The van der Waals surface area contributed by atoms with E-state index < -0.39 is 0 Å². The van der Waals surface area contributed by atoms with Crippen LogP contribution in [-0.2, 0) is 5.41 Å². The fraction of sp³-hybridized carbons (Fsp3) is 0.375. The summed E-state index contributed by atoms with van der Waals surface area (Å²) in [7, 11) is 1.86. The van der Waals surface area contributed by atoms with Gasteiger partial charge in [0.2, 0.25) is 0 Å². The van der Waals surface area contributed by atoms with Gasteiger partial charge in [-0.05, 0) is 19.1 Å². The van der Waals surface area contributed by atoms with Crippen molar-refractivity contribution in [3.63, 3.8) is 0 Å². The minimum Gasteiger partial charge on any atom is -0.373 e. The lowest BCUT2D eigenvalue weighted by Gasteiger charge is -2.20. The van der Waals surface area contributed by atoms with Gasteiger partial charge in [0.05, 0.1) is 15.7 Å². The molecule has 0 fully saturated rings. The Morgan fingerprint density at radius 3 is 2.24 bits per heavy atom. The van der Waals surface area contributed by atoms with Gasteiger partial charge in [-0.25, -0.2) is 9.97 Å². The standard InChI is InChI=1S/C16H19Cl2N3/c1-9-13(10-6-7-11(17)12(18)8-10)20-15(16(2,3)4)21-14(9)19-5/h6-8H,1-5H3,(H,19,20,21). The number of halogens is 2. The second-order valence-corrected chi connectivity index (χ2v) is 6.81. The average molecular weight is 324 g/mol. The Morgan fingerprint density at radius 2 is 1.71 bits per heavy atom. The predicted molar refractivity (Wildman–Crippen MR) is 90.5 cm³/mol. The fourth-order valence-electron chi connectivity index (χ4n) is 2.02. The Labute approximate surface area is 135 Å². The smallest absolute Gasteiger partial charge is 0.136 e. The van der Waals surface area contributed by atoms with Crippen LogP contribution >= 0.6 is 23.2 Å². The molecule has 0 atom stereocenters. The molecule has 3 nitrogen and oxygen atoms in total. The maximum Gasteiger partial charge on any atom is 0.136 e. The number of anilines is 1. The van der Waals surface area contributed by atoms with Gasteiger partial charge in [-0.2, -0.15) is 0 Å². The first kappa shape index (κ1) is 16.1. The van der Waals surface area contributed by atoms with Crippen LogP contribution < -0.4 is 5.32 Å². The molecule has 0 unspecified atom stereocenters. The van der Waals surface area contributed by atoms with Crippen molar-refractivity contribution < 1.29 is 0 Å². The van der Waals surface area contributed by atoms with Crippen LogP contribution in [0, 0.1) is 6.92 Å². The maximum atomic E-state index is 6.13. The third-order valence-electron chi connectivity index (χ3n) is 3.25. The Hall–Kier alpha value is -1.32. The van der Waals surface area contributed by atoms with E-state index in [2.05, 4.69) is 31.1 Å². The number of hydrogen-bond donors (Lipinski definition) is 1. The van der Waals surface area contributed by atoms with Gasteiger partial charge in [-0.15, -0.1) is 0 Å². The molecule has 21 heavy (non-hydrogen) atoms. The first-order valence-corrected chi connectivity index (χ1v) is 7.52. The zero-order valence-electron chi connectivity index (χ0n) is 12.9. The zero-order chi connectivity index (χ0) is 15.8. The highest BCUT2D eigenvalue weighted by molar-refractivity contribution is 6.42. The minimum atomic E-state index is -0.135. The highest BCUT2D eigenvalue weighted by Crippen LogP contribution is 2.32. The van der Waals surface area contributed by atoms with Crippen molar-refractivity contribution in [2.45, 2.75) is 33.1 Å². The monoisotopic (exact) mass is 323 g/mol. The number of benzene rings is 1. The maximum absolute atomic E-state index is 6.13. The lowest BCUT2D eigenvalue weighted by atomic mass is 9.95. The molecule has 2 rings (SSSR count). The van der Waals surface area contributed by atoms with E-state index in [1.54, 1.807) is 6.07 Å². The van der Waals surface area contributed by atoms with Crippen molar-refractivity contribution in [3.05, 3.63) is 39.6 Å². The normalized spacial score (nSPS) is 11.6. The molecule has 0 saturated carbocycles. The summed E-state index contributed by atoms with van der Waals surface area (Å²) >= 11 is 12.1. The minimum absolute atomic E-state index is 0.135. The first-order chi connectivity index (χ1) is 9.74. The molecular formula is C16H19Cl2N3. The number of aromatic nitrogens is 2. The van der Waals surface area contributed by atoms with E-state index in [0.717, 1.165) is 28.5 Å². The predicted octanol–water partition coefficient (Wildman–Crippen LogP) is 5.10. The van der Waals surface area contributed by atoms with Gasteiger partial charge in [0.1, 0.15) is 11.6 Å².